The minimum absolute atomic E-state index is 0.0513. The van der Waals surface area contributed by atoms with Crippen molar-refractivity contribution in [3.63, 3.8) is 0 Å². The number of nitrogens with one attached hydrogen (secondary N) is 1. The van der Waals surface area contributed by atoms with Gasteiger partial charge >= 0.3 is 0 Å². The van der Waals surface area contributed by atoms with Gasteiger partial charge in [0.05, 0.1) is 5.39 Å². The van der Waals surface area contributed by atoms with Crippen LogP contribution in [0.3, 0.4) is 0 Å². The van der Waals surface area contributed by atoms with E-state index in [9.17, 15) is 4.79 Å². The number of thiophene rings is 1. The monoisotopic (exact) mass is 311 g/mol. The van der Waals surface area contributed by atoms with E-state index in [-0.39, 0.29) is 5.56 Å². The summed E-state index contributed by atoms with van der Waals surface area (Å²) in [5.41, 5.74) is 1.12. The van der Waals surface area contributed by atoms with E-state index >= 15 is 0 Å². The summed E-state index contributed by atoms with van der Waals surface area (Å²) in [6, 6.07) is 0. The molecule has 0 spiro atoms. The predicted octanol–water partition coefficient (Wildman–Crippen LogP) is 3.08. The largest absolute Gasteiger partial charge is 0.323 e. The van der Waals surface area contributed by atoms with Gasteiger partial charge in [-0.15, -0.1) is 11.3 Å². The Labute approximate surface area is 128 Å². The van der Waals surface area contributed by atoms with Gasteiger partial charge in [0.2, 0.25) is 0 Å². The maximum atomic E-state index is 12.6. The Kier molecular flexibility index (Phi) is 4.78. The molecular formula is C14H21N3OS2. The van der Waals surface area contributed by atoms with Crippen LogP contribution in [0.4, 0.5) is 0 Å². The number of hydrogen-bond acceptors (Lipinski definition) is 4. The number of hydrogen-bond donors (Lipinski definition) is 1. The normalized spacial score (nSPS) is 11.7. The molecule has 2 heterocycles. The SMILES string of the molecule is Cc1sc2[nH]c(=S)n(CCCCN(C)C)c(=O)c2c1C. The average molecular weight is 311 g/mol. The van der Waals surface area contributed by atoms with E-state index in [0.29, 0.717) is 11.3 Å². The van der Waals surface area contributed by atoms with Crippen molar-refractivity contribution < 1.29 is 0 Å². The van der Waals surface area contributed by atoms with Crippen molar-refractivity contribution in [3.8, 4) is 0 Å². The minimum atomic E-state index is 0.0513. The van der Waals surface area contributed by atoms with Crippen LogP contribution < -0.4 is 5.56 Å². The van der Waals surface area contributed by atoms with Gasteiger partial charge in [-0.2, -0.15) is 0 Å². The second-order valence-electron chi connectivity index (χ2n) is 5.38. The first-order valence-corrected chi connectivity index (χ1v) is 8.02. The third-order valence-electron chi connectivity index (χ3n) is 3.55. The summed E-state index contributed by atoms with van der Waals surface area (Å²) in [7, 11) is 4.12. The number of rotatable bonds is 5. The van der Waals surface area contributed by atoms with Crippen molar-refractivity contribution in [2.24, 2.45) is 0 Å². The number of H-pyrrole nitrogens is 1. The van der Waals surface area contributed by atoms with Crippen LogP contribution in [0.15, 0.2) is 4.79 Å². The molecule has 0 aliphatic carbocycles. The summed E-state index contributed by atoms with van der Waals surface area (Å²) in [5, 5.41) is 0.800. The predicted molar refractivity (Wildman–Crippen MR) is 88.5 cm³/mol. The molecule has 2 aromatic heterocycles. The Morgan fingerprint density at radius 2 is 2.00 bits per heavy atom. The molecule has 0 radical (unpaired) electrons. The highest BCUT2D eigenvalue weighted by Crippen LogP contribution is 2.25. The van der Waals surface area contributed by atoms with Gasteiger partial charge in [-0.05, 0) is 65.1 Å². The zero-order valence-corrected chi connectivity index (χ0v) is 14.1. The Bertz CT molecular complexity index is 724. The molecule has 4 nitrogen and oxygen atoms in total. The molecule has 0 atom stereocenters. The highest BCUT2D eigenvalue weighted by Gasteiger charge is 2.12. The highest BCUT2D eigenvalue weighted by atomic mass is 32.1. The van der Waals surface area contributed by atoms with Crippen molar-refractivity contribution in [1.29, 1.82) is 0 Å². The molecule has 0 saturated carbocycles. The molecule has 1 N–H and O–H groups in total. The molecule has 2 aromatic rings. The number of aromatic nitrogens is 2. The van der Waals surface area contributed by atoms with Crippen molar-refractivity contribution in [1.82, 2.24) is 14.5 Å². The van der Waals surface area contributed by atoms with Gasteiger partial charge in [-0.1, -0.05) is 0 Å². The first-order chi connectivity index (χ1) is 9.41. The Balaban J connectivity index is 2.32. The third-order valence-corrected chi connectivity index (χ3v) is 4.99. The van der Waals surface area contributed by atoms with E-state index in [4.69, 9.17) is 12.2 Å². The molecule has 20 heavy (non-hydrogen) atoms. The molecule has 0 fully saturated rings. The summed E-state index contributed by atoms with van der Waals surface area (Å²) >= 11 is 6.93. The van der Waals surface area contributed by atoms with E-state index in [2.05, 4.69) is 24.0 Å². The third kappa shape index (κ3) is 3.02. The van der Waals surface area contributed by atoms with Crippen LogP contribution in [0.1, 0.15) is 23.3 Å². The molecule has 0 bridgehead atoms. The molecule has 2 rings (SSSR count). The highest BCUT2D eigenvalue weighted by molar-refractivity contribution is 7.71. The van der Waals surface area contributed by atoms with Crippen LogP contribution in [0, 0.1) is 18.6 Å². The summed E-state index contributed by atoms with van der Waals surface area (Å²) in [4.78, 5) is 20.0. The molecule has 0 saturated heterocycles. The molecule has 0 aliphatic rings. The van der Waals surface area contributed by atoms with Crippen molar-refractivity contribution in [3.05, 3.63) is 25.6 Å². The lowest BCUT2D eigenvalue weighted by atomic mass is 10.2. The maximum Gasteiger partial charge on any atom is 0.263 e. The Hall–Kier alpha value is -0.980. The van der Waals surface area contributed by atoms with Crippen LogP contribution >= 0.6 is 23.6 Å². The van der Waals surface area contributed by atoms with Gasteiger partial charge in [-0.25, -0.2) is 0 Å². The molecular weight excluding hydrogens is 290 g/mol. The summed E-state index contributed by atoms with van der Waals surface area (Å²) in [5.74, 6) is 0. The van der Waals surface area contributed by atoms with Crippen molar-refractivity contribution in [2.75, 3.05) is 20.6 Å². The fraction of sp³-hybridized carbons (Fsp3) is 0.571. The minimum Gasteiger partial charge on any atom is -0.323 e. The first-order valence-electron chi connectivity index (χ1n) is 6.79. The lowest BCUT2D eigenvalue weighted by Crippen LogP contribution is -2.23. The van der Waals surface area contributed by atoms with E-state index in [1.165, 1.54) is 4.88 Å². The summed E-state index contributed by atoms with van der Waals surface area (Å²) in [6.07, 6.45) is 2.02. The first kappa shape index (κ1) is 15.4. The Morgan fingerprint density at radius 1 is 1.30 bits per heavy atom. The lowest BCUT2D eigenvalue weighted by Gasteiger charge is -2.10. The van der Waals surface area contributed by atoms with E-state index in [1.807, 2.05) is 13.8 Å². The van der Waals surface area contributed by atoms with Crippen molar-refractivity contribution in [2.45, 2.75) is 33.2 Å². The molecule has 0 unspecified atom stereocenters. The zero-order valence-electron chi connectivity index (χ0n) is 12.4. The standard InChI is InChI=1S/C14H21N3OS2/c1-9-10(2)20-12-11(9)13(18)17(14(19)15-12)8-6-5-7-16(3)4/h5-8H2,1-4H3,(H,15,19). The molecule has 0 aliphatic heterocycles. The molecule has 0 amide bonds. The van der Waals surface area contributed by atoms with Crippen LogP contribution in [0.2, 0.25) is 0 Å². The van der Waals surface area contributed by atoms with Gasteiger partial charge in [-0.3, -0.25) is 9.36 Å². The maximum absolute atomic E-state index is 12.6. The Morgan fingerprint density at radius 3 is 2.65 bits per heavy atom. The summed E-state index contributed by atoms with van der Waals surface area (Å²) in [6.45, 7) is 5.76. The molecule has 110 valence electrons. The van der Waals surface area contributed by atoms with E-state index in [0.717, 1.165) is 35.2 Å². The van der Waals surface area contributed by atoms with Crippen LogP contribution in [-0.2, 0) is 6.54 Å². The van der Waals surface area contributed by atoms with Gasteiger partial charge in [0.25, 0.3) is 5.56 Å². The second-order valence-corrected chi connectivity index (χ2v) is 7.00. The second kappa shape index (κ2) is 6.20. The molecule has 0 aromatic carbocycles. The molecule has 6 heteroatoms. The van der Waals surface area contributed by atoms with E-state index < -0.39 is 0 Å². The number of fused-ring (bicyclic) bond motifs is 1. The van der Waals surface area contributed by atoms with Gasteiger partial charge in [0, 0.05) is 11.4 Å². The van der Waals surface area contributed by atoms with Crippen LogP contribution in [-0.4, -0.2) is 35.1 Å². The smallest absolute Gasteiger partial charge is 0.263 e. The number of unbranched alkanes of at least 4 members (excludes halogenated alkanes) is 1. The fourth-order valence-electron chi connectivity index (χ4n) is 2.27. The number of aryl methyl sites for hydroxylation is 2. The van der Waals surface area contributed by atoms with Crippen LogP contribution in [0.25, 0.3) is 10.2 Å². The van der Waals surface area contributed by atoms with Gasteiger partial charge in [0.15, 0.2) is 4.77 Å². The van der Waals surface area contributed by atoms with Crippen molar-refractivity contribution >= 4 is 33.8 Å². The lowest BCUT2D eigenvalue weighted by molar-refractivity contribution is 0.386. The topological polar surface area (TPSA) is 41.0 Å². The summed E-state index contributed by atoms with van der Waals surface area (Å²) < 4.78 is 2.24. The number of aromatic amines is 1. The van der Waals surface area contributed by atoms with E-state index in [1.54, 1.807) is 15.9 Å². The van der Waals surface area contributed by atoms with Crippen LogP contribution in [0.5, 0.6) is 0 Å². The zero-order chi connectivity index (χ0) is 14.9. The number of nitrogens with zero attached hydrogens (tertiary/aromatic N) is 2. The van der Waals surface area contributed by atoms with Gasteiger partial charge < -0.3 is 9.88 Å². The fourth-order valence-corrected chi connectivity index (χ4v) is 3.66. The quantitative estimate of drug-likeness (QED) is 0.681. The average Bonchev–Trinajstić information content (AvgIpc) is 2.63. The van der Waals surface area contributed by atoms with Gasteiger partial charge in [0.1, 0.15) is 4.83 Å².